The van der Waals surface area contributed by atoms with Crippen molar-refractivity contribution in [2.75, 3.05) is 13.1 Å². The first-order chi connectivity index (χ1) is 7.50. The van der Waals surface area contributed by atoms with Crippen molar-refractivity contribution in [3.63, 3.8) is 0 Å². The van der Waals surface area contributed by atoms with Gasteiger partial charge in [0.15, 0.2) is 0 Å². The van der Waals surface area contributed by atoms with E-state index < -0.39 is 6.03 Å². The van der Waals surface area contributed by atoms with Crippen LogP contribution in [0.1, 0.15) is 28.5 Å². The molecule has 1 atom stereocenters. The zero-order chi connectivity index (χ0) is 12.1. The van der Waals surface area contributed by atoms with Gasteiger partial charge in [-0.1, -0.05) is 0 Å². The Bertz CT molecular complexity index is 364. The van der Waals surface area contributed by atoms with Crippen molar-refractivity contribution in [3.8, 4) is 0 Å². The molecule has 1 aromatic heterocycles. The molecule has 0 bridgehead atoms. The second kappa shape index (κ2) is 5.81. The maximum atomic E-state index is 10.4. The van der Waals surface area contributed by atoms with Crippen LogP contribution in [-0.2, 0) is 0 Å². The molecule has 1 rings (SSSR count). The molecular formula is C10H18N4OS. The number of rotatable bonds is 5. The van der Waals surface area contributed by atoms with Crippen molar-refractivity contribution in [1.82, 2.24) is 15.6 Å². The minimum Gasteiger partial charge on any atom is -0.352 e. The van der Waals surface area contributed by atoms with Gasteiger partial charge in [0.1, 0.15) is 0 Å². The fraction of sp³-hybridized carbons (Fsp3) is 0.600. The van der Waals surface area contributed by atoms with Gasteiger partial charge in [0, 0.05) is 24.0 Å². The van der Waals surface area contributed by atoms with Crippen LogP contribution < -0.4 is 16.4 Å². The Morgan fingerprint density at radius 2 is 2.19 bits per heavy atom. The number of primary amides is 1. The average Bonchev–Trinajstić information content (AvgIpc) is 2.52. The average molecular weight is 242 g/mol. The monoisotopic (exact) mass is 242 g/mol. The Balaban J connectivity index is 2.38. The number of urea groups is 1. The SMILES string of the molecule is Cc1nc(C)c(C(C)NCCNC(N)=O)s1. The summed E-state index contributed by atoms with van der Waals surface area (Å²) >= 11 is 1.70. The Kier molecular flexibility index (Phi) is 4.70. The third-order valence-corrected chi connectivity index (χ3v) is 3.46. The first-order valence-electron chi connectivity index (χ1n) is 5.21. The zero-order valence-electron chi connectivity index (χ0n) is 9.83. The maximum absolute atomic E-state index is 10.4. The molecule has 16 heavy (non-hydrogen) atoms. The molecule has 2 amide bonds. The highest BCUT2D eigenvalue weighted by Gasteiger charge is 2.11. The van der Waals surface area contributed by atoms with Crippen molar-refractivity contribution >= 4 is 17.4 Å². The van der Waals surface area contributed by atoms with Crippen molar-refractivity contribution in [2.24, 2.45) is 5.73 Å². The molecule has 0 aliphatic carbocycles. The lowest BCUT2D eigenvalue weighted by Crippen LogP contribution is -2.35. The number of nitrogens with one attached hydrogen (secondary N) is 2. The molecule has 0 radical (unpaired) electrons. The van der Waals surface area contributed by atoms with E-state index in [0.717, 1.165) is 10.7 Å². The summed E-state index contributed by atoms with van der Waals surface area (Å²) in [5.74, 6) is 0. The molecule has 0 aliphatic rings. The largest absolute Gasteiger partial charge is 0.352 e. The highest BCUT2D eigenvalue weighted by molar-refractivity contribution is 7.11. The van der Waals surface area contributed by atoms with Gasteiger partial charge in [-0.25, -0.2) is 9.78 Å². The second-order valence-electron chi connectivity index (χ2n) is 3.65. The normalized spacial score (nSPS) is 12.4. The Labute approximate surface area is 99.4 Å². The highest BCUT2D eigenvalue weighted by atomic mass is 32.1. The molecule has 1 aromatic rings. The third kappa shape index (κ3) is 3.79. The van der Waals surface area contributed by atoms with Crippen LogP contribution in [0, 0.1) is 13.8 Å². The van der Waals surface area contributed by atoms with E-state index in [1.54, 1.807) is 11.3 Å². The maximum Gasteiger partial charge on any atom is 0.312 e. The summed E-state index contributed by atoms with van der Waals surface area (Å²) in [6.45, 7) is 7.34. The zero-order valence-corrected chi connectivity index (χ0v) is 10.6. The summed E-state index contributed by atoms with van der Waals surface area (Å²) < 4.78 is 0. The van der Waals surface area contributed by atoms with Gasteiger partial charge in [0.05, 0.1) is 10.7 Å². The van der Waals surface area contributed by atoms with Crippen molar-refractivity contribution < 1.29 is 4.79 Å². The third-order valence-electron chi connectivity index (χ3n) is 2.21. The fourth-order valence-corrected chi connectivity index (χ4v) is 2.47. The first-order valence-corrected chi connectivity index (χ1v) is 6.03. The number of aryl methyl sites for hydroxylation is 2. The van der Waals surface area contributed by atoms with Crippen LogP contribution in [0.3, 0.4) is 0 Å². The van der Waals surface area contributed by atoms with Crippen molar-refractivity contribution in [1.29, 1.82) is 0 Å². The van der Waals surface area contributed by atoms with Crippen molar-refractivity contribution in [2.45, 2.75) is 26.8 Å². The number of hydrogen-bond acceptors (Lipinski definition) is 4. The summed E-state index contributed by atoms with van der Waals surface area (Å²) in [5, 5.41) is 6.92. The molecular weight excluding hydrogens is 224 g/mol. The summed E-state index contributed by atoms with van der Waals surface area (Å²) in [4.78, 5) is 16.1. The number of amides is 2. The number of carbonyl (C=O) groups is 1. The first kappa shape index (κ1) is 12.9. The minimum absolute atomic E-state index is 0.251. The summed E-state index contributed by atoms with van der Waals surface area (Å²) in [6.07, 6.45) is 0. The molecule has 0 aromatic carbocycles. The van der Waals surface area contributed by atoms with E-state index in [1.807, 2.05) is 13.8 Å². The quantitative estimate of drug-likeness (QED) is 0.676. The van der Waals surface area contributed by atoms with E-state index in [1.165, 1.54) is 4.88 Å². The number of aromatic nitrogens is 1. The van der Waals surface area contributed by atoms with Crippen LogP contribution in [0.4, 0.5) is 4.79 Å². The van der Waals surface area contributed by atoms with Gasteiger partial charge < -0.3 is 16.4 Å². The topological polar surface area (TPSA) is 80.0 Å². The lowest BCUT2D eigenvalue weighted by molar-refractivity contribution is 0.249. The van der Waals surface area contributed by atoms with E-state index in [2.05, 4.69) is 22.5 Å². The molecule has 1 heterocycles. The van der Waals surface area contributed by atoms with Gasteiger partial charge in [0.25, 0.3) is 0 Å². The molecule has 90 valence electrons. The lowest BCUT2D eigenvalue weighted by Gasteiger charge is -2.12. The number of hydrogen-bond donors (Lipinski definition) is 3. The van der Waals surface area contributed by atoms with Crippen molar-refractivity contribution in [3.05, 3.63) is 15.6 Å². The minimum atomic E-state index is -0.487. The summed E-state index contributed by atoms with van der Waals surface area (Å²) in [6, 6.07) is -0.236. The van der Waals surface area contributed by atoms with Crippen LogP contribution in [0.5, 0.6) is 0 Å². The van der Waals surface area contributed by atoms with Gasteiger partial charge in [-0.05, 0) is 20.8 Å². The lowest BCUT2D eigenvalue weighted by atomic mass is 10.2. The van der Waals surface area contributed by atoms with Gasteiger partial charge in [-0.15, -0.1) is 11.3 Å². The fourth-order valence-electron chi connectivity index (χ4n) is 1.52. The Morgan fingerprint density at radius 3 is 2.69 bits per heavy atom. The van der Waals surface area contributed by atoms with Crippen LogP contribution >= 0.6 is 11.3 Å². The predicted molar refractivity (Wildman–Crippen MR) is 65.6 cm³/mol. The van der Waals surface area contributed by atoms with Gasteiger partial charge in [0.2, 0.25) is 0 Å². The molecule has 6 heteroatoms. The smallest absolute Gasteiger partial charge is 0.312 e. The van der Waals surface area contributed by atoms with Crippen LogP contribution in [0.25, 0.3) is 0 Å². The van der Waals surface area contributed by atoms with Crippen LogP contribution in [0.2, 0.25) is 0 Å². The number of nitrogens with two attached hydrogens (primary N) is 1. The van der Waals surface area contributed by atoms with E-state index in [9.17, 15) is 4.79 Å². The molecule has 0 saturated heterocycles. The summed E-state index contributed by atoms with van der Waals surface area (Å²) in [7, 11) is 0. The summed E-state index contributed by atoms with van der Waals surface area (Å²) in [5.41, 5.74) is 6.04. The predicted octanol–water partition coefficient (Wildman–Crippen LogP) is 1.08. The van der Waals surface area contributed by atoms with E-state index in [0.29, 0.717) is 13.1 Å². The van der Waals surface area contributed by atoms with Gasteiger partial charge in [-0.3, -0.25) is 0 Å². The molecule has 4 N–H and O–H groups in total. The molecule has 0 fully saturated rings. The van der Waals surface area contributed by atoms with Crippen LogP contribution in [0.15, 0.2) is 0 Å². The Hall–Kier alpha value is -1.14. The van der Waals surface area contributed by atoms with Crippen LogP contribution in [-0.4, -0.2) is 24.1 Å². The molecule has 5 nitrogen and oxygen atoms in total. The molecule has 0 spiro atoms. The number of thiazole rings is 1. The van der Waals surface area contributed by atoms with E-state index in [4.69, 9.17) is 5.73 Å². The van der Waals surface area contributed by atoms with Gasteiger partial charge >= 0.3 is 6.03 Å². The molecule has 0 saturated carbocycles. The standard InChI is InChI=1S/C10H18N4OS/c1-6(12-4-5-13-10(11)15)9-7(2)14-8(3)16-9/h6,12H,4-5H2,1-3H3,(H3,11,13,15). The van der Waals surface area contributed by atoms with E-state index in [-0.39, 0.29) is 6.04 Å². The van der Waals surface area contributed by atoms with E-state index >= 15 is 0 Å². The number of carbonyl (C=O) groups excluding carboxylic acids is 1. The molecule has 1 unspecified atom stereocenters. The Morgan fingerprint density at radius 1 is 1.50 bits per heavy atom. The highest BCUT2D eigenvalue weighted by Crippen LogP contribution is 2.23. The number of nitrogens with zero attached hydrogens (tertiary/aromatic N) is 1. The van der Waals surface area contributed by atoms with Gasteiger partial charge in [-0.2, -0.15) is 0 Å². The molecule has 0 aliphatic heterocycles. The second-order valence-corrected chi connectivity index (χ2v) is 4.88.